The first-order valence-corrected chi connectivity index (χ1v) is 10.7. The smallest absolute Gasteiger partial charge is 0.320 e. The maximum absolute atomic E-state index is 12.1. The number of carbonyl (C=O) groups excluding carboxylic acids is 1. The first-order chi connectivity index (χ1) is 16.0. The lowest BCUT2D eigenvalue weighted by molar-refractivity contribution is 0.100. The standard InChI is InChI=1S/C23H21N5O4S/c1-30-15-6-4-5-13(9-15)19-12-33-23(27-19)25-14-7-8-16(21(24)29)17(10-14)18-11-20(31-2)28-22(26-18)32-3/h4-12H,1-3H3,(H2,24,29)(H,25,27). The number of aromatic nitrogens is 3. The Labute approximate surface area is 194 Å². The molecule has 2 heterocycles. The highest BCUT2D eigenvalue weighted by Crippen LogP contribution is 2.32. The number of ether oxygens (including phenoxy) is 3. The number of thiazole rings is 1. The van der Waals surface area contributed by atoms with Gasteiger partial charge in [-0.3, -0.25) is 4.79 Å². The zero-order chi connectivity index (χ0) is 23.4. The third-order valence-corrected chi connectivity index (χ3v) is 5.51. The average molecular weight is 464 g/mol. The molecule has 9 nitrogen and oxygen atoms in total. The highest BCUT2D eigenvalue weighted by atomic mass is 32.1. The molecule has 0 spiro atoms. The van der Waals surface area contributed by atoms with Gasteiger partial charge < -0.3 is 25.3 Å². The molecule has 0 bridgehead atoms. The second-order valence-electron chi connectivity index (χ2n) is 6.80. The monoisotopic (exact) mass is 463 g/mol. The fourth-order valence-electron chi connectivity index (χ4n) is 3.16. The van der Waals surface area contributed by atoms with Crippen molar-refractivity contribution in [2.24, 2.45) is 5.73 Å². The van der Waals surface area contributed by atoms with Crippen molar-refractivity contribution in [2.45, 2.75) is 0 Å². The number of primary amides is 1. The zero-order valence-corrected chi connectivity index (χ0v) is 19.0. The maximum Gasteiger partial charge on any atom is 0.320 e. The third kappa shape index (κ3) is 4.85. The van der Waals surface area contributed by atoms with Crippen LogP contribution in [-0.4, -0.2) is 42.2 Å². The van der Waals surface area contributed by atoms with Gasteiger partial charge >= 0.3 is 6.01 Å². The quantitative estimate of drug-likeness (QED) is 0.400. The van der Waals surface area contributed by atoms with E-state index in [1.165, 1.54) is 25.6 Å². The van der Waals surface area contributed by atoms with Crippen LogP contribution < -0.4 is 25.3 Å². The van der Waals surface area contributed by atoms with Crippen LogP contribution in [0.1, 0.15) is 10.4 Å². The Bertz CT molecular complexity index is 1290. The zero-order valence-electron chi connectivity index (χ0n) is 18.2. The molecule has 0 atom stereocenters. The fourth-order valence-corrected chi connectivity index (χ4v) is 3.90. The number of carbonyl (C=O) groups is 1. The molecular weight excluding hydrogens is 442 g/mol. The van der Waals surface area contributed by atoms with Crippen LogP contribution in [0.25, 0.3) is 22.5 Å². The normalized spacial score (nSPS) is 10.5. The van der Waals surface area contributed by atoms with Crippen molar-refractivity contribution in [3.8, 4) is 40.2 Å². The summed E-state index contributed by atoms with van der Waals surface area (Å²) in [6.07, 6.45) is 0. The van der Waals surface area contributed by atoms with E-state index in [1.807, 2.05) is 29.6 Å². The number of hydrogen-bond acceptors (Lipinski definition) is 9. The molecule has 0 aliphatic rings. The molecule has 0 aliphatic heterocycles. The molecule has 0 saturated carbocycles. The van der Waals surface area contributed by atoms with Gasteiger partial charge in [-0.2, -0.15) is 9.97 Å². The van der Waals surface area contributed by atoms with Gasteiger partial charge in [0.15, 0.2) is 5.13 Å². The Balaban J connectivity index is 1.68. The van der Waals surface area contributed by atoms with Crippen LogP contribution >= 0.6 is 11.3 Å². The summed E-state index contributed by atoms with van der Waals surface area (Å²) < 4.78 is 15.7. The lowest BCUT2D eigenvalue weighted by Crippen LogP contribution is -2.13. The number of amides is 1. The van der Waals surface area contributed by atoms with Crippen LogP contribution in [0.15, 0.2) is 53.9 Å². The van der Waals surface area contributed by atoms with E-state index in [0.717, 1.165) is 17.0 Å². The van der Waals surface area contributed by atoms with E-state index in [-0.39, 0.29) is 6.01 Å². The number of hydrogen-bond donors (Lipinski definition) is 2. The summed E-state index contributed by atoms with van der Waals surface area (Å²) in [5.74, 6) is 0.480. The average Bonchev–Trinajstić information content (AvgIpc) is 3.32. The van der Waals surface area contributed by atoms with Gasteiger partial charge in [-0.1, -0.05) is 12.1 Å². The van der Waals surface area contributed by atoms with Gasteiger partial charge in [0, 0.05) is 33.8 Å². The number of benzene rings is 2. The molecule has 0 unspecified atom stereocenters. The molecule has 10 heteroatoms. The van der Waals surface area contributed by atoms with Gasteiger partial charge in [-0.25, -0.2) is 4.98 Å². The first kappa shape index (κ1) is 22.0. The maximum atomic E-state index is 12.1. The molecule has 2 aromatic heterocycles. The van der Waals surface area contributed by atoms with Crippen molar-refractivity contribution in [3.05, 3.63) is 59.5 Å². The van der Waals surface area contributed by atoms with Gasteiger partial charge in [0.05, 0.1) is 32.7 Å². The van der Waals surface area contributed by atoms with Crippen molar-refractivity contribution in [3.63, 3.8) is 0 Å². The second kappa shape index (κ2) is 9.53. The van der Waals surface area contributed by atoms with Crippen LogP contribution in [0.3, 0.4) is 0 Å². The minimum atomic E-state index is -0.581. The Kier molecular flexibility index (Phi) is 6.36. The predicted octanol–water partition coefficient (Wildman–Crippen LogP) is 4.14. The minimum absolute atomic E-state index is 0.112. The van der Waals surface area contributed by atoms with E-state index >= 15 is 0 Å². The molecule has 0 fully saturated rings. The van der Waals surface area contributed by atoms with Crippen molar-refractivity contribution in [1.82, 2.24) is 15.0 Å². The lowest BCUT2D eigenvalue weighted by Gasteiger charge is -2.11. The van der Waals surface area contributed by atoms with E-state index < -0.39 is 5.91 Å². The third-order valence-electron chi connectivity index (χ3n) is 4.76. The summed E-state index contributed by atoms with van der Waals surface area (Å²) in [5.41, 5.74) is 9.33. The highest BCUT2D eigenvalue weighted by molar-refractivity contribution is 7.14. The van der Waals surface area contributed by atoms with Gasteiger partial charge in [0.25, 0.3) is 0 Å². The molecule has 0 radical (unpaired) electrons. The largest absolute Gasteiger partial charge is 0.497 e. The van der Waals surface area contributed by atoms with Crippen molar-refractivity contribution in [1.29, 1.82) is 0 Å². The predicted molar refractivity (Wildman–Crippen MR) is 126 cm³/mol. The molecule has 3 N–H and O–H groups in total. The SMILES string of the molecule is COc1cccc(-c2csc(Nc3ccc(C(N)=O)c(-c4cc(OC)nc(OC)n4)c3)n2)c1. The Morgan fingerprint density at radius 1 is 0.939 bits per heavy atom. The molecule has 4 aromatic rings. The lowest BCUT2D eigenvalue weighted by atomic mass is 10.0. The number of nitrogens with two attached hydrogens (primary N) is 1. The minimum Gasteiger partial charge on any atom is -0.497 e. The molecule has 1 amide bonds. The van der Waals surface area contributed by atoms with E-state index in [4.69, 9.17) is 19.9 Å². The van der Waals surface area contributed by atoms with Crippen molar-refractivity contribution >= 4 is 28.1 Å². The summed E-state index contributed by atoms with van der Waals surface area (Å²) in [4.78, 5) is 25.2. The molecule has 0 saturated heterocycles. The fraction of sp³-hybridized carbons (Fsp3) is 0.130. The van der Waals surface area contributed by atoms with Gasteiger partial charge in [0.2, 0.25) is 11.8 Å². The van der Waals surface area contributed by atoms with E-state index in [0.29, 0.717) is 33.5 Å². The molecule has 2 aromatic carbocycles. The topological polar surface area (TPSA) is 121 Å². The number of methoxy groups -OCH3 is 3. The van der Waals surface area contributed by atoms with Gasteiger partial charge in [-0.05, 0) is 30.3 Å². The van der Waals surface area contributed by atoms with Crippen LogP contribution in [-0.2, 0) is 0 Å². The summed E-state index contributed by atoms with van der Waals surface area (Å²) in [7, 11) is 4.57. The summed E-state index contributed by atoms with van der Waals surface area (Å²) in [5, 5.41) is 5.91. The molecule has 0 aliphatic carbocycles. The Morgan fingerprint density at radius 3 is 2.52 bits per heavy atom. The van der Waals surface area contributed by atoms with Crippen LogP contribution in [0.4, 0.5) is 10.8 Å². The number of anilines is 2. The second-order valence-corrected chi connectivity index (χ2v) is 7.66. The molecule has 33 heavy (non-hydrogen) atoms. The van der Waals surface area contributed by atoms with E-state index in [2.05, 4.69) is 20.3 Å². The molecular formula is C23H21N5O4S. The highest BCUT2D eigenvalue weighted by Gasteiger charge is 2.16. The Hall–Kier alpha value is -4.18. The van der Waals surface area contributed by atoms with E-state index in [1.54, 1.807) is 31.4 Å². The summed E-state index contributed by atoms with van der Waals surface area (Å²) in [6.45, 7) is 0. The van der Waals surface area contributed by atoms with Crippen LogP contribution in [0, 0.1) is 0 Å². The number of rotatable bonds is 8. The van der Waals surface area contributed by atoms with Gasteiger partial charge in [-0.15, -0.1) is 11.3 Å². The Morgan fingerprint density at radius 2 is 1.79 bits per heavy atom. The van der Waals surface area contributed by atoms with Crippen molar-refractivity contribution < 1.29 is 19.0 Å². The first-order valence-electron chi connectivity index (χ1n) is 9.79. The summed E-state index contributed by atoms with van der Waals surface area (Å²) in [6, 6.07) is 14.6. The molecule has 4 rings (SSSR count). The number of nitrogens with zero attached hydrogens (tertiary/aromatic N) is 3. The van der Waals surface area contributed by atoms with Gasteiger partial charge in [0.1, 0.15) is 5.75 Å². The van der Waals surface area contributed by atoms with Crippen molar-refractivity contribution in [2.75, 3.05) is 26.6 Å². The van der Waals surface area contributed by atoms with E-state index in [9.17, 15) is 4.79 Å². The molecule has 168 valence electrons. The summed E-state index contributed by atoms with van der Waals surface area (Å²) >= 11 is 1.46. The van der Waals surface area contributed by atoms with Crippen LogP contribution in [0.5, 0.6) is 17.6 Å². The number of nitrogens with one attached hydrogen (secondary N) is 1. The van der Waals surface area contributed by atoms with Crippen LogP contribution in [0.2, 0.25) is 0 Å².